The van der Waals surface area contributed by atoms with Gasteiger partial charge in [-0.05, 0) is 17.7 Å². The van der Waals surface area contributed by atoms with Crippen molar-refractivity contribution in [3.8, 4) is 11.1 Å². The first-order valence-electron chi connectivity index (χ1n) is 9.45. The number of aromatic amines is 2. The zero-order chi connectivity index (χ0) is 18.8. The Bertz CT molecular complexity index is 1090. The Labute approximate surface area is 162 Å². The number of anilines is 1. The average Bonchev–Trinajstić information content (AvgIpc) is 3.42. The smallest absolute Gasteiger partial charge is 0.157 e. The lowest BCUT2D eigenvalue weighted by atomic mass is 10.0. The summed E-state index contributed by atoms with van der Waals surface area (Å²) in [5.74, 6) is 0. The van der Waals surface area contributed by atoms with Crippen molar-refractivity contribution in [2.45, 2.75) is 0 Å². The molecule has 4 aromatic rings. The molecule has 0 bridgehead atoms. The van der Waals surface area contributed by atoms with E-state index in [0.717, 1.165) is 59.6 Å². The topological polar surface area (TPSA) is 85.5 Å². The molecule has 4 heterocycles. The quantitative estimate of drug-likeness (QED) is 0.514. The van der Waals surface area contributed by atoms with Crippen molar-refractivity contribution >= 4 is 28.9 Å². The molecule has 1 fully saturated rings. The Balaban J connectivity index is 1.70. The van der Waals surface area contributed by atoms with Crippen LogP contribution in [-0.2, 0) is 0 Å². The SMILES string of the molecule is C(=C/c1n[nH]c2ncc(-c3ccccc3)c(N3CCNCC3)c12)/c1cn[nH]c1. The van der Waals surface area contributed by atoms with Gasteiger partial charge >= 0.3 is 0 Å². The van der Waals surface area contributed by atoms with E-state index in [0.29, 0.717) is 0 Å². The molecule has 140 valence electrons. The van der Waals surface area contributed by atoms with Crippen LogP contribution < -0.4 is 10.2 Å². The molecule has 7 heteroatoms. The summed E-state index contributed by atoms with van der Waals surface area (Å²) in [5, 5.41) is 19.0. The maximum Gasteiger partial charge on any atom is 0.157 e. The molecule has 1 aliphatic heterocycles. The molecule has 0 saturated carbocycles. The zero-order valence-corrected chi connectivity index (χ0v) is 15.4. The summed E-state index contributed by atoms with van der Waals surface area (Å²) in [6.07, 6.45) is 9.63. The van der Waals surface area contributed by atoms with Gasteiger partial charge in [-0.25, -0.2) is 4.98 Å². The molecule has 0 radical (unpaired) electrons. The minimum Gasteiger partial charge on any atom is -0.368 e. The number of nitrogens with one attached hydrogen (secondary N) is 3. The van der Waals surface area contributed by atoms with Crippen molar-refractivity contribution in [3.63, 3.8) is 0 Å². The number of benzene rings is 1. The van der Waals surface area contributed by atoms with E-state index in [9.17, 15) is 0 Å². The molecule has 1 aliphatic rings. The summed E-state index contributed by atoms with van der Waals surface area (Å²) in [7, 11) is 0. The van der Waals surface area contributed by atoms with Crippen LogP contribution in [0.25, 0.3) is 34.3 Å². The van der Waals surface area contributed by atoms with Crippen molar-refractivity contribution in [2.75, 3.05) is 31.1 Å². The van der Waals surface area contributed by atoms with Gasteiger partial charge < -0.3 is 10.2 Å². The van der Waals surface area contributed by atoms with Crippen LogP contribution in [0.2, 0.25) is 0 Å². The minimum absolute atomic E-state index is 0.806. The Kier molecular flexibility index (Phi) is 4.34. The van der Waals surface area contributed by atoms with Crippen LogP contribution in [-0.4, -0.2) is 51.6 Å². The molecular weight excluding hydrogens is 350 g/mol. The van der Waals surface area contributed by atoms with Gasteiger partial charge in [-0.1, -0.05) is 30.3 Å². The molecule has 3 aromatic heterocycles. The number of H-pyrrole nitrogens is 2. The minimum atomic E-state index is 0.806. The maximum atomic E-state index is 4.67. The van der Waals surface area contributed by atoms with Crippen LogP contribution in [0.15, 0.2) is 48.9 Å². The number of pyridine rings is 1. The largest absolute Gasteiger partial charge is 0.368 e. The summed E-state index contributed by atoms with van der Waals surface area (Å²) >= 11 is 0. The van der Waals surface area contributed by atoms with E-state index in [1.807, 2.05) is 30.6 Å². The Morgan fingerprint density at radius 2 is 1.86 bits per heavy atom. The summed E-state index contributed by atoms with van der Waals surface area (Å²) in [4.78, 5) is 7.10. The third-order valence-corrected chi connectivity index (χ3v) is 5.06. The highest BCUT2D eigenvalue weighted by atomic mass is 15.2. The molecule has 0 atom stereocenters. The number of nitrogens with zero attached hydrogens (tertiary/aromatic N) is 4. The van der Waals surface area contributed by atoms with Gasteiger partial charge in [-0.15, -0.1) is 0 Å². The van der Waals surface area contributed by atoms with Crippen molar-refractivity contribution in [1.29, 1.82) is 0 Å². The number of rotatable bonds is 4. The van der Waals surface area contributed by atoms with Gasteiger partial charge in [-0.3, -0.25) is 10.2 Å². The molecule has 1 aromatic carbocycles. The van der Waals surface area contributed by atoms with Crippen molar-refractivity contribution < 1.29 is 0 Å². The van der Waals surface area contributed by atoms with Gasteiger partial charge in [0.05, 0.1) is 23.0 Å². The second kappa shape index (κ2) is 7.28. The lowest BCUT2D eigenvalue weighted by Gasteiger charge is -2.31. The molecule has 0 amide bonds. The third-order valence-electron chi connectivity index (χ3n) is 5.06. The Morgan fingerprint density at radius 3 is 2.64 bits per heavy atom. The van der Waals surface area contributed by atoms with Crippen LogP contribution in [0.5, 0.6) is 0 Å². The van der Waals surface area contributed by atoms with E-state index in [1.54, 1.807) is 6.20 Å². The average molecular weight is 371 g/mol. The molecular formula is C21H21N7. The molecule has 0 aliphatic carbocycles. The fourth-order valence-electron chi connectivity index (χ4n) is 3.69. The van der Waals surface area contributed by atoms with Gasteiger partial charge in [0.25, 0.3) is 0 Å². The van der Waals surface area contributed by atoms with Crippen LogP contribution in [0.1, 0.15) is 11.3 Å². The summed E-state index contributed by atoms with van der Waals surface area (Å²) in [5.41, 5.74) is 6.19. The highest BCUT2D eigenvalue weighted by Crippen LogP contribution is 2.38. The van der Waals surface area contributed by atoms with Crippen LogP contribution in [0.3, 0.4) is 0 Å². The first kappa shape index (κ1) is 16.7. The van der Waals surface area contributed by atoms with Gasteiger partial charge in [0.2, 0.25) is 0 Å². The summed E-state index contributed by atoms with van der Waals surface area (Å²) < 4.78 is 0. The second-order valence-corrected chi connectivity index (χ2v) is 6.82. The molecule has 1 saturated heterocycles. The summed E-state index contributed by atoms with van der Waals surface area (Å²) in [6.45, 7) is 3.84. The van der Waals surface area contributed by atoms with E-state index in [-0.39, 0.29) is 0 Å². The third kappa shape index (κ3) is 3.05. The molecule has 28 heavy (non-hydrogen) atoms. The predicted molar refractivity (Wildman–Crippen MR) is 112 cm³/mol. The predicted octanol–water partition coefficient (Wildman–Crippen LogP) is 2.93. The van der Waals surface area contributed by atoms with Crippen LogP contribution in [0.4, 0.5) is 5.69 Å². The van der Waals surface area contributed by atoms with E-state index in [2.05, 4.69) is 59.9 Å². The Hall–Kier alpha value is -3.45. The van der Waals surface area contributed by atoms with Gasteiger partial charge in [0.1, 0.15) is 0 Å². The first-order valence-corrected chi connectivity index (χ1v) is 9.45. The molecule has 3 N–H and O–H groups in total. The maximum absolute atomic E-state index is 4.67. The molecule has 7 nitrogen and oxygen atoms in total. The zero-order valence-electron chi connectivity index (χ0n) is 15.4. The fourth-order valence-corrected chi connectivity index (χ4v) is 3.69. The monoisotopic (exact) mass is 371 g/mol. The summed E-state index contributed by atoms with van der Waals surface area (Å²) in [6, 6.07) is 10.4. The number of hydrogen-bond donors (Lipinski definition) is 3. The van der Waals surface area contributed by atoms with Gasteiger partial charge in [0.15, 0.2) is 5.65 Å². The second-order valence-electron chi connectivity index (χ2n) is 6.82. The van der Waals surface area contributed by atoms with E-state index >= 15 is 0 Å². The van der Waals surface area contributed by atoms with Crippen LogP contribution >= 0.6 is 0 Å². The van der Waals surface area contributed by atoms with E-state index < -0.39 is 0 Å². The highest BCUT2D eigenvalue weighted by Gasteiger charge is 2.22. The first-order chi connectivity index (χ1) is 13.9. The number of piperazine rings is 1. The van der Waals surface area contributed by atoms with Crippen molar-refractivity contribution in [2.24, 2.45) is 0 Å². The standard InChI is InChI=1S/C21H21N7/c1-2-4-16(5-3-1)17-14-23-21-19(20(17)28-10-8-22-9-11-28)18(26-27-21)7-6-15-12-24-25-13-15/h1-7,12-14,22H,8-11H2,(H,24,25)(H,23,26,27)/b7-6-. The van der Waals surface area contributed by atoms with E-state index in [4.69, 9.17) is 0 Å². The number of fused-ring (bicyclic) bond motifs is 1. The normalized spacial score (nSPS) is 14.9. The van der Waals surface area contributed by atoms with Crippen molar-refractivity contribution in [3.05, 3.63) is 60.2 Å². The number of hydrogen-bond acceptors (Lipinski definition) is 5. The lowest BCUT2D eigenvalue weighted by Crippen LogP contribution is -2.43. The van der Waals surface area contributed by atoms with Crippen molar-refractivity contribution in [1.82, 2.24) is 30.7 Å². The molecule has 0 unspecified atom stereocenters. The molecule has 0 spiro atoms. The van der Waals surface area contributed by atoms with E-state index in [1.165, 1.54) is 5.69 Å². The lowest BCUT2D eigenvalue weighted by molar-refractivity contribution is 0.590. The van der Waals surface area contributed by atoms with Crippen LogP contribution in [0, 0.1) is 0 Å². The fraction of sp³-hybridized carbons (Fsp3) is 0.190. The van der Waals surface area contributed by atoms with Gasteiger partial charge in [0, 0.05) is 49.7 Å². The highest BCUT2D eigenvalue weighted by molar-refractivity contribution is 6.03. The van der Waals surface area contributed by atoms with Gasteiger partial charge in [-0.2, -0.15) is 10.2 Å². The molecule has 5 rings (SSSR count). The number of aromatic nitrogens is 5. The Morgan fingerprint density at radius 1 is 1.00 bits per heavy atom.